The fourth-order valence-corrected chi connectivity index (χ4v) is 2.59. The van der Waals surface area contributed by atoms with Crippen molar-refractivity contribution in [1.29, 1.82) is 0 Å². The molecule has 3 aromatic rings. The number of hydrogen-bond donors (Lipinski definition) is 1. The summed E-state index contributed by atoms with van der Waals surface area (Å²) in [5.41, 5.74) is 2.19. The van der Waals surface area contributed by atoms with E-state index < -0.39 is 0 Å². The molecule has 1 N–H and O–H groups in total. The van der Waals surface area contributed by atoms with Crippen molar-refractivity contribution in [1.82, 2.24) is 0 Å². The van der Waals surface area contributed by atoms with E-state index in [9.17, 15) is 9.90 Å². The third kappa shape index (κ3) is 4.71. The topological polar surface area (TPSA) is 71.2 Å². The first kappa shape index (κ1) is 19.0. The summed E-state index contributed by atoms with van der Waals surface area (Å²) in [6.45, 7) is 2.28. The largest absolute Gasteiger partial charge is 0.504 e. The third-order valence-electron chi connectivity index (χ3n) is 3.95. The average molecular weight is 372 g/mol. The molecule has 28 heavy (non-hydrogen) atoms. The van der Waals surface area contributed by atoms with Crippen LogP contribution in [0.4, 0.5) is 0 Å². The first-order valence-corrected chi connectivity index (χ1v) is 8.91. The minimum atomic E-state index is -0.204. The fourth-order valence-electron chi connectivity index (χ4n) is 2.59. The number of rotatable bonds is 7. The van der Waals surface area contributed by atoms with Gasteiger partial charge >= 0.3 is 0 Å². The van der Waals surface area contributed by atoms with E-state index >= 15 is 0 Å². The molecule has 0 heterocycles. The Kier molecular flexibility index (Phi) is 6.31. The molecule has 3 rings (SSSR count). The van der Waals surface area contributed by atoms with Gasteiger partial charge in [-0.1, -0.05) is 60.7 Å². The molecule has 0 aromatic heterocycles. The third-order valence-corrected chi connectivity index (χ3v) is 3.95. The van der Waals surface area contributed by atoms with Gasteiger partial charge in [0.2, 0.25) is 5.78 Å². The summed E-state index contributed by atoms with van der Waals surface area (Å²) in [4.78, 5) is 12.9. The number of nitrogens with zero attached hydrogens (tertiary/aromatic N) is 2. The molecule has 0 bridgehead atoms. The smallest absolute Gasteiger partial charge is 0.213 e. The monoisotopic (exact) mass is 372 g/mol. The van der Waals surface area contributed by atoms with Crippen LogP contribution in [0, 0.1) is 0 Å². The fraction of sp³-hybridized carbons (Fsp3) is 0.0870. The SMILES string of the molecule is CCOc1cc(/C=N/N=C(C(=O)c2ccccc2)c2ccccc2)ccc1O. The highest BCUT2D eigenvalue weighted by molar-refractivity contribution is 6.51. The van der Waals surface area contributed by atoms with Crippen molar-refractivity contribution in [2.45, 2.75) is 6.92 Å². The highest BCUT2D eigenvalue weighted by atomic mass is 16.5. The molecular formula is C23H20N2O3. The van der Waals surface area contributed by atoms with Crippen LogP contribution in [0.3, 0.4) is 0 Å². The summed E-state index contributed by atoms with van der Waals surface area (Å²) in [5, 5.41) is 18.1. The molecular weight excluding hydrogens is 352 g/mol. The van der Waals surface area contributed by atoms with Crippen LogP contribution in [0.5, 0.6) is 11.5 Å². The average Bonchev–Trinajstić information content (AvgIpc) is 2.74. The lowest BCUT2D eigenvalue weighted by atomic mass is 10.0. The van der Waals surface area contributed by atoms with E-state index in [1.54, 1.807) is 24.3 Å². The van der Waals surface area contributed by atoms with Gasteiger partial charge in [0.1, 0.15) is 5.71 Å². The van der Waals surface area contributed by atoms with E-state index in [0.29, 0.717) is 29.0 Å². The maximum atomic E-state index is 12.9. The van der Waals surface area contributed by atoms with Gasteiger partial charge < -0.3 is 9.84 Å². The van der Waals surface area contributed by atoms with Gasteiger partial charge in [0, 0.05) is 11.1 Å². The number of carbonyl (C=O) groups excluding carboxylic acids is 1. The van der Waals surface area contributed by atoms with Crippen molar-refractivity contribution < 1.29 is 14.6 Å². The normalized spacial score (nSPS) is 11.5. The van der Waals surface area contributed by atoms with E-state index in [1.807, 2.05) is 55.5 Å². The molecule has 0 radical (unpaired) electrons. The maximum absolute atomic E-state index is 12.9. The van der Waals surface area contributed by atoms with Crippen LogP contribution in [-0.4, -0.2) is 29.4 Å². The Balaban J connectivity index is 1.93. The predicted octanol–water partition coefficient (Wildman–Crippen LogP) is 4.50. The second-order valence-electron chi connectivity index (χ2n) is 5.91. The minimum Gasteiger partial charge on any atom is -0.504 e. The zero-order chi connectivity index (χ0) is 19.8. The van der Waals surface area contributed by atoms with Gasteiger partial charge in [-0.05, 0) is 30.7 Å². The molecule has 0 saturated heterocycles. The van der Waals surface area contributed by atoms with Crippen LogP contribution >= 0.6 is 0 Å². The number of Topliss-reactive ketones (excluding diaryl/α,β-unsaturated/α-hetero) is 1. The Morgan fingerprint density at radius 2 is 1.61 bits per heavy atom. The number of carbonyl (C=O) groups is 1. The van der Waals surface area contributed by atoms with E-state index in [-0.39, 0.29) is 17.2 Å². The van der Waals surface area contributed by atoms with Gasteiger partial charge in [-0.3, -0.25) is 4.79 Å². The molecule has 0 unspecified atom stereocenters. The molecule has 5 heteroatoms. The van der Waals surface area contributed by atoms with Crippen molar-refractivity contribution in [3.8, 4) is 11.5 Å². The van der Waals surface area contributed by atoms with Crippen molar-refractivity contribution in [2.75, 3.05) is 6.61 Å². The Bertz CT molecular complexity index is 997. The van der Waals surface area contributed by atoms with Gasteiger partial charge in [-0.15, -0.1) is 5.10 Å². The lowest BCUT2D eigenvalue weighted by molar-refractivity contribution is 0.106. The summed E-state index contributed by atoms with van der Waals surface area (Å²) in [5.74, 6) is 0.232. The number of benzene rings is 3. The molecule has 3 aromatic carbocycles. The summed E-state index contributed by atoms with van der Waals surface area (Å²) < 4.78 is 5.37. The number of ether oxygens (including phenoxy) is 1. The highest BCUT2D eigenvalue weighted by Crippen LogP contribution is 2.26. The first-order chi connectivity index (χ1) is 13.7. The molecule has 0 atom stereocenters. The molecule has 0 amide bonds. The summed E-state index contributed by atoms with van der Waals surface area (Å²) >= 11 is 0. The first-order valence-electron chi connectivity index (χ1n) is 8.91. The molecule has 140 valence electrons. The van der Waals surface area contributed by atoms with E-state index in [4.69, 9.17) is 4.74 Å². The molecule has 0 fully saturated rings. The lowest BCUT2D eigenvalue weighted by Crippen LogP contribution is -2.15. The summed E-state index contributed by atoms with van der Waals surface area (Å²) in [7, 11) is 0. The Hall–Kier alpha value is -3.73. The Morgan fingerprint density at radius 1 is 0.964 bits per heavy atom. The van der Waals surface area contributed by atoms with Crippen LogP contribution in [0.1, 0.15) is 28.4 Å². The molecule has 0 aliphatic rings. The van der Waals surface area contributed by atoms with Gasteiger partial charge in [-0.25, -0.2) is 0 Å². The number of aromatic hydroxyl groups is 1. The molecule has 0 aliphatic carbocycles. The van der Waals surface area contributed by atoms with Crippen molar-refractivity contribution in [3.05, 3.63) is 95.6 Å². The van der Waals surface area contributed by atoms with Crippen molar-refractivity contribution >= 4 is 17.7 Å². The van der Waals surface area contributed by atoms with Gasteiger partial charge in [0.25, 0.3) is 0 Å². The Labute approximate surface area is 163 Å². The second kappa shape index (κ2) is 9.28. The highest BCUT2D eigenvalue weighted by Gasteiger charge is 2.16. The molecule has 5 nitrogen and oxygen atoms in total. The van der Waals surface area contributed by atoms with Crippen LogP contribution < -0.4 is 4.74 Å². The lowest BCUT2D eigenvalue weighted by Gasteiger charge is -2.06. The number of phenols is 1. The summed E-state index contributed by atoms with van der Waals surface area (Å²) in [6, 6.07) is 23.1. The minimum absolute atomic E-state index is 0.0618. The zero-order valence-corrected chi connectivity index (χ0v) is 15.4. The van der Waals surface area contributed by atoms with Gasteiger partial charge in [0.15, 0.2) is 11.5 Å². The van der Waals surface area contributed by atoms with Crippen LogP contribution in [0.15, 0.2) is 89.1 Å². The van der Waals surface area contributed by atoms with Crippen molar-refractivity contribution in [3.63, 3.8) is 0 Å². The van der Waals surface area contributed by atoms with Crippen LogP contribution in [-0.2, 0) is 0 Å². The van der Waals surface area contributed by atoms with Crippen LogP contribution in [0.25, 0.3) is 0 Å². The predicted molar refractivity (Wildman–Crippen MR) is 111 cm³/mol. The Morgan fingerprint density at radius 3 is 2.25 bits per heavy atom. The summed E-state index contributed by atoms with van der Waals surface area (Å²) in [6.07, 6.45) is 1.52. The van der Waals surface area contributed by atoms with E-state index in [0.717, 1.165) is 0 Å². The van der Waals surface area contributed by atoms with Gasteiger partial charge in [-0.2, -0.15) is 5.10 Å². The molecule has 0 spiro atoms. The van der Waals surface area contributed by atoms with Gasteiger partial charge in [0.05, 0.1) is 12.8 Å². The zero-order valence-electron chi connectivity index (χ0n) is 15.4. The second-order valence-corrected chi connectivity index (χ2v) is 5.91. The number of phenolic OH excluding ortho intramolecular Hbond substituents is 1. The van der Waals surface area contributed by atoms with E-state index in [2.05, 4.69) is 10.2 Å². The maximum Gasteiger partial charge on any atom is 0.213 e. The number of hydrogen-bond acceptors (Lipinski definition) is 5. The van der Waals surface area contributed by atoms with Crippen LogP contribution in [0.2, 0.25) is 0 Å². The molecule has 0 saturated carbocycles. The quantitative estimate of drug-likeness (QED) is 0.377. The number of ketones is 1. The molecule has 0 aliphatic heterocycles. The van der Waals surface area contributed by atoms with Crippen molar-refractivity contribution in [2.24, 2.45) is 10.2 Å². The van der Waals surface area contributed by atoms with E-state index in [1.165, 1.54) is 12.3 Å². The standard InChI is InChI=1S/C23H20N2O3/c1-2-28-21-15-17(13-14-20(21)26)16-24-25-22(18-9-5-3-6-10-18)23(27)19-11-7-4-8-12-19/h3-16,26H,2H2,1H3/b24-16+,25-22?.